The van der Waals surface area contributed by atoms with E-state index in [-0.39, 0.29) is 17.5 Å². The number of benzene rings is 2. The number of halogens is 1. The minimum Gasteiger partial charge on any atom is -0.446 e. The first-order chi connectivity index (χ1) is 11.5. The number of nitrogens with zero attached hydrogens (tertiary/aromatic N) is 3. The van der Waals surface area contributed by atoms with Crippen LogP contribution in [-0.4, -0.2) is 21.7 Å². The van der Waals surface area contributed by atoms with Gasteiger partial charge in [0.25, 0.3) is 5.69 Å². The normalized spacial score (nSPS) is 16.5. The number of hydrogen-bond donors (Lipinski definition) is 0. The van der Waals surface area contributed by atoms with Crippen LogP contribution in [0.2, 0.25) is 5.02 Å². The van der Waals surface area contributed by atoms with Gasteiger partial charge in [-0.2, -0.15) is 5.01 Å². The minimum atomic E-state index is -0.854. The molecule has 1 amide bonds. The van der Waals surface area contributed by atoms with Crippen LogP contribution in [0, 0.1) is 10.1 Å². The fourth-order valence-corrected chi connectivity index (χ4v) is 2.41. The molecule has 8 heteroatoms. The monoisotopic (exact) mass is 345 g/mol. The van der Waals surface area contributed by atoms with Crippen LogP contribution in [0.4, 0.5) is 5.69 Å². The van der Waals surface area contributed by atoms with Crippen LogP contribution in [0.5, 0.6) is 0 Å². The summed E-state index contributed by atoms with van der Waals surface area (Å²) in [5.41, 5.74) is 1.03. The van der Waals surface area contributed by atoms with E-state index >= 15 is 0 Å². The Hall–Kier alpha value is -2.93. The summed E-state index contributed by atoms with van der Waals surface area (Å²) in [4.78, 5) is 22.3. The van der Waals surface area contributed by atoms with E-state index in [1.807, 2.05) is 0 Å². The molecule has 2 aromatic carbocycles. The van der Waals surface area contributed by atoms with Crippen molar-refractivity contribution in [2.45, 2.75) is 13.2 Å². The van der Waals surface area contributed by atoms with E-state index in [9.17, 15) is 14.9 Å². The largest absolute Gasteiger partial charge is 0.446 e. The van der Waals surface area contributed by atoms with Gasteiger partial charge in [0.2, 0.25) is 18.0 Å². The van der Waals surface area contributed by atoms with Gasteiger partial charge in [-0.1, -0.05) is 23.7 Å². The van der Waals surface area contributed by atoms with Crippen LogP contribution < -0.4 is 0 Å². The Morgan fingerprint density at radius 3 is 2.62 bits per heavy atom. The molecular weight excluding hydrogens is 334 g/mol. The Labute approximate surface area is 142 Å². The van der Waals surface area contributed by atoms with Gasteiger partial charge in [0.05, 0.1) is 4.92 Å². The third-order valence-corrected chi connectivity index (χ3v) is 3.68. The highest BCUT2D eigenvalue weighted by molar-refractivity contribution is 6.30. The molecule has 1 aliphatic heterocycles. The minimum absolute atomic E-state index is 0.0838. The number of carbonyl (C=O) groups is 1. The molecule has 1 atom stereocenters. The van der Waals surface area contributed by atoms with Gasteiger partial charge in [0, 0.05) is 35.2 Å². The number of nitro groups is 1. The fraction of sp³-hybridized carbons (Fsp3) is 0.125. The molecule has 0 aliphatic carbocycles. The number of hydrogen-bond acceptors (Lipinski definition) is 5. The molecule has 0 saturated heterocycles. The number of rotatable bonds is 3. The zero-order valence-corrected chi connectivity index (χ0v) is 13.3. The summed E-state index contributed by atoms with van der Waals surface area (Å²) in [6.45, 7) is 1.35. The lowest BCUT2D eigenvalue weighted by molar-refractivity contribution is -0.385. The van der Waals surface area contributed by atoms with E-state index in [0.717, 1.165) is 5.01 Å². The van der Waals surface area contributed by atoms with Crippen LogP contribution in [0.1, 0.15) is 24.3 Å². The van der Waals surface area contributed by atoms with Crippen molar-refractivity contribution in [3.63, 3.8) is 0 Å². The van der Waals surface area contributed by atoms with E-state index < -0.39 is 11.2 Å². The molecular formula is C16H12ClN3O4. The molecule has 1 aliphatic rings. The summed E-state index contributed by atoms with van der Waals surface area (Å²) in [7, 11) is 0. The predicted octanol–water partition coefficient (Wildman–Crippen LogP) is 3.49. The highest BCUT2D eigenvalue weighted by Gasteiger charge is 2.33. The van der Waals surface area contributed by atoms with E-state index in [1.165, 1.54) is 25.1 Å². The second-order valence-corrected chi connectivity index (χ2v) is 5.53. The Balaban J connectivity index is 1.95. The van der Waals surface area contributed by atoms with Gasteiger partial charge >= 0.3 is 0 Å². The first-order valence-corrected chi connectivity index (χ1v) is 7.39. The number of nitro benzene ring substituents is 1. The van der Waals surface area contributed by atoms with Gasteiger partial charge in [-0.05, 0) is 24.3 Å². The Morgan fingerprint density at radius 2 is 2.00 bits per heavy atom. The topological polar surface area (TPSA) is 85.0 Å². The van der Waals surface area contributed by atoms with Crippen molar-refractivity contribution in [2.75, 3.05) is 0 Å². The molecule has 0 aromatic heterocycles. The summed E-state index contributed by atoms with van der Waals surface area (Å²) in [6.07, 6.45) is -0.854. The summed E-state index contributed by atoms with van der Waals surface area (Å²) in [6, 6.07) is 12.7. The van der Waals surface area contributed by atoms with Gasteiger partial charge < -0.3 is 4.74 Å². The molecule has 122 valence electrons. The van der Waals surface area contributed by atoms with Crippen molar-refractivity contribution in [1.82, 2.24) is 5.01 Å². The molecule has 3 rings (SSSR count). The van der Waals surface area contributed by atoms with Gasteiger partial charge in [-0.25, -0.2) is 0 Å². The van der Waals surface area contributed by atoms with Crippen LogP contribution in [0.15, 0.2) is 53.6 Å². The summed E-state index contributed by atoms with van der Waals surface area (Å²) >= 11 is 5.86. The SMILES string of the molecule is CC(=O)N1N=C(c2ccc(Cl)cc2)O[C@H]1c1cccc([N+](=O)[O-])c1. The van der Waals surface area contributed by atoms with Gasteiger partial charge in [-0.3, -0.25) is 14.9 Å². The zero-order valence-electron chi connectivity index (χ0n) is 12.5. The lowest BCUT2D eigenvalue weighted by Crippen LogP contribution is -2.25. The average molecular weight is 346 g/mol. The smallest absolute Gasteiger partial charge is 0.269 e. The molecule has 1 heterocycles. The first kappa shape index (κ1) is 15.9. The number of non-ortho nitro benzene ring substituents is 1. The summed E-state index contributed by atoms with van der Waals surface area (Å²) in [5, 5.41) is 16.9. The van der Waals surface area contributed by atoms with E-state index in [1.54, 1.807) is 30.3 Å². The van der Waals surface area contributed by atoms with Crippen LogP contribution >= 0.6 is 11.6 Å². The average Bonchev–Trinajstić information content (AvgIpc) is 3.01. The van der Waals surface area contributed by atoms with E-state index in [2.05, 4.69) is 5.10 Å². The molecule has 0 spiro atoms. The Bertz CT molecular complexity index is 835. The maximum absolute atomic E-state index is 11.9. The van der Waals surface area contributed by atoms with E-state index in [4.69, 9.17) is 16.3 Å². The Morgan fingerprint density at radius 1 is 1.29 bits per heavy atom. The Kier molecular flexibility index (Phi) is 4.18. The highest BCUT2D eigenvalue weighted by Crippen LogP contribution is 2.32. The number of ether oxygens (including phenoxy) is 1. The molecule has 0 fully saturated rings. The molecule has 24 heavy (non-hydrogen) atoms. The predicted molar refractivity (Wildman–Crippen MR) is 87.4 cm³/mol. The molecule has 0 bridgehead atoms. The van der Waals surface area contributed by atoms with Gasteiger partial charge in [-0.15, -0.1) is 5.10 Å². The lowest BCUT2D eigenvalue weighted by Gasteiger charge is -2.19. The first-order valence-electron chi connectivity index (χ1n) is 7.01. The summed E-state index contributed by atoms with van der Waals surface area (Å²) in [5.74, 6) is -0.0890. The maximum Gasteiger partial charge on any atom is 0.269 e. The second kappa shape index (κ2) is 6.29. The third kappa shape index (κ3) is 3.07. The summed E-state index contributed by atoms with van der Waals surface area (Å²) < 4.78 is 5.77. The van der Waals surface area contributed by atoms with Crippen molar-refractivity contribution in [1.29, 1.82) is 0 Å². The highest BCUT2D eigenvalue weighted by atomic mass is 35.5. The molecule has 7 nitrogen and oxygen atoms in total. The second-order valence-electron chi connectivity index (χ2n) is 5.10. The maximum atomic E-state index is 11.9. The van der Waals surface area contributed by atoms with Crippen molar-refractivity contribution >= 4 is 29.1 Å². The standard InChI is InChI=1S/C16H12ClN3O4/c1-10(21)19-16(12-3-2-4-14(9-12)20(22)23)24-15(18-19)11-5-7-13(17)8-6-11/h2-9,16H,1H3/t16-/m0/s1. The zero-order chi connectivity index (χ0) is 17.3. The van der Waals surface area contributed by atoms with Gasteiger partial charge in [0.15, 0.2) is 0 Å². The van der Waals surface area contributed by atoms with Crippen LogP contribution in [0.3, 0.4) is 0 Å². The number of carbonyl (C=O) groups excluding carboxylic acids is 1. The van der Waals surface area contributed by atoms with Crippen molar-refractivity contribution in [3.8, 4) is 0 Å². The van der Waals surface area contributed by atoms with Crippen molar-refractivity contribution in [2.24, 2.45) is 5.10 Å². The molecule has 0 N–H and O–H groups in total. The number of hydrazone groups is 1. The molecule has 2 aromatic rings. The fourth-order valence-electron chi connectivity index (χ4n) is 2.28. The lowest BCUT2D eigenvalue weighted by atomic mass is 10.1. The van der Waals surface area contributed by atoms with Crippen molar-refractivity contribution in [3.05, 3.63) is 74.8 Å². The third-order valence-electron chi connectivity index (χ3n) is 3.42. The van der Waals surface area contributed by atoms with Gasteiger partial charge in [0.1, 0.15) is 0 Å². The molecule has 0 saturated carbocycles. The van der Waals surface area contributed by atoms with Crippen molar-refractivity contribution < 1.29 is 14.5 Å². The quantitative estimate of drug-likeness (QED) is 0.629. The molecule has 0 unspecified atom stereocenters. The van der Waals surface area contributed by atoms with Crippen LogP contribution in [0.25, 0.3) is 0 Å². The molecule has 0 radical (unpaired) electrons. The number of amides is 1. The van der Waals surface area contributed by atoms with Crippen LogP contribution in [-0.2, 0) is 9.53 Å². The van der Waals surface area contributed by atoms with E-state index in [0.29, 0.717) is 16.1 Å².